The summed E-state index contributed by atoms with van der Waals surface area (Å²) in [4.78, 5) is 8.49. The van der Waals surface area contributed by atoms with E-state index in [2.05, 4.69) is 15.3 Å². The van der Waals surface area contributed by atoms with Crippen LogP contribution in [0.25, 0.3) is 0 Å². The van der Waals surface area contributed by atoms with Gasteiger partial charge in [0.15, 0.2) is 5.84 Å². The van der Waals surface area contributed by atoms with Crippen molar-refractivity contribution in [1.29, 1.82) is 0 Å². The van der Waals surface area contributed by atoms with Crippen molar-refractivity contribution in [2.75, 3.05) is 13.2 Å². The monoisotopic (exact) mass is 281 g/mol. The van der Waals surface area contributed by atoms with E-state index in [1.165, 1.54) is 12.3 Å². The van der Waals surface area contributed by atoms with Crippen molar-refractivity contribution in [2.24, 2.45) is 15.9 Å². The molecule has 0 bridgehead atoms. The summed E-state index contributed by atoms with van der Waals surface area (Å²) in [6.07, 6.45) is 6.64. The van der Waals surface area contributed by atoms with Gasteiger partial charge in [-0.05, 0) is 25.5 Å². The van der Waals surface area contributed by atoms with Crippen LogP contribution in [0.15, 0.2) is 33.5 Å². The summed E-state index contributed by atoms with van der Waals surface area (Å²) in [5.41, 5.74) is 0.642. The Morgan fingerprint density at radius 2 is 2.25 bits per heavy atom. The molecule has 0 aromatic heterocycles. The lowest BCUT2D eigenvalue weighted by atomic mass is 9.91. The zero-order valence-electron chi connectivity index (χ0n) is 11.9. The zero-order valence-corrected chi connectivity index (χ0v) is 11.9. The lowest BCUT2D eigenvalue weighted by Gasteiger charge is -2.25. The number of aliphatic imine (C=N–C) groups is 2. The van der Waals surface area contributed by atoms with E-state index in [0.717, 1.165) is 19.4 Å². The van der Waals surface area contributed by atoms with Gasteiger partial charge < -0.3 is 5.32 Å². The Bertz CT molecular complexity index is 462. The number of likely N-dealkylation sites (N-methyl/N-ethyl adjacent to an activating group) is 1. The van der Waals surface area contributed by atoms with E-state index in [4.69, 9.17) is 0 Å². The van der Waals surface area contributed by atoms with Crippen molar-refractivity contribution in [2.45, 2.75) is 38.8 Å². The first-order valence-corrected chi connectivity index (χ1v) is 7.14. The summed E-state index contributed by atoms with van der Waals surface area (Å²) >= 11 is 0. The van der Waals surface area contributed by atoms with E-state index in [9.17, 15) is 8.78 Å². The van der Waals surface area contributed by atoms with E-state index < -0.39 is 6.67 Å². The Labute approximate surface area is 118 Å². The molecule has 0 heterocycles. The van der Waals surface area contributed by atoms with Crippen LogP contribution in [0.5, 0.6) is 0 Å². The Hall–Kier alpha value is -1.36. The second kappa shape index (κ2) is 6.88. The highest BCUT2D eigenvalue weighted by Crippen LogP contribution is 2.29. The minimum atomic E-state index is -0.643. The largest absolute Gasteiger partial charge is 0.310 e. The molecule has 0 aromatic carbocycles. The molecule has 1 fully saturated rings. The molecule has 0 aromatic rings. The average molecular weight is 281 g/mol. The Morgan fingerprint density at radius 1 is 1.50 bits per heavy atom. The van der Waals surface area contributed by atoms with Crippen molar-refractivity contribution in [3.8, 4) is 0 Å². The lowest BCUT2D eigenvalue weighted by molar-refractivity contribution is 0.408. The first kappa shape index (κ1) is 15.0. The number of hydrogen-bond donors (Lipinski definition) is 1. The van der Waals surface area contributed by atoms with Crippen molar-refractivity contribution in [3.05, 3.63) is 23.6 Å². The number of alkyl halides is 1. The van der Waals surface area contributed by atoms with Gasteiger partial charge in [0.2, 0.25) is 0 Å². The molecule has 0 aliphatic heterocycles. The molecule has 0 saturated heterocycles. The van der Waals surface area contributed by atoms with Crippen molar-refractivity contribution < 1.29 is 8.78 Å². The molecule has 2 aliphatic carbocycles. The molecular formula is C15H21F2N3. The minimum absolute atomic E-state index is 0.0787. The fourth-order valence-electron chi connectivity index (χ4n) is 2.13. The van der Waals surface area contributed by atoms with Crippen molar-refractivity contribution in [1.82, 2.24) is 5.32 Å². The maximum atomic E-state index is 14.0. The van der Waals surface area contributed by atoms with Crippen LogP contribution in [0.2, 0.25) is 0 Å². The van der Waals surface area contributed by atoms with Crippen LogP contribution in [0, 0.1) is 5.92 Å². The Balaban J connectivity index is 2.26. The summed E-state index contributed by atoms with van der Waals surface area (Å²) in [6, 6.07) is 0.182. The van der Waals surface area contributed by atoms with E-state index in [-0.39, 0.29) is 23.8 Å². The number of nitrogens with one attached hydrogen (secondary N) is 1. The highest BCUT2D eigenvalue weighted by molar-refractivity contribution is 6.05. The van der Waals surface area contributed by atoms with Crippen molar-refractivity contribution in [3.63, 3.8) is 0 Å². The van der Waals surface area contributed by atoms with Gasteiger partial charge in [0.25, 0.3) is 0 Å². The summed E-state index contributed by atoms with van der Waals surface area (Å²) < 4.78 is 26.3. The van der Waals surface area contributed by atoms with Crippen LogP contribution >= 0.6 is 0 Å². The van der Waals surface area contributed by atoms with Crippen LogP contribution < -0.4 is 5.32 Å². The smallest absolute Gasteiger partial charge is 0.154 e. The number of amidine groups is 1. The first-order chi connectivity index (χ1) is 9.65. The predicted octanol–water partition coefficient (Wildman–Crippen LogP) is 3.00. The van der Waals surface area contributed by atoms with E-state index in [1.807, 2.05) is 19.9 Å². The molecule has 0 radical (unpaired) electrons. The van der Waals surface area contributed by atoms with Gasteiger partial charge in [-0.1, -0.05) is 19.9 Å². The van der Waals surface area contributed by atoms with Gasteiger partial charge in [-0.3, -0.25) is 4.99 Å². The molecule has 3 nitrogen and oxygen atoms in total. The number of halogens is 2. The van der Waals surface area contributed by atoms with E-state index in [1.54, 1.807) is 0 Å². The van der Waals surface area contributed by atoms with Crippen LogP contribution in [0.4, 0.5) is 8.78 Å². The topological polar surface area (TPSA) is 36.8 Å². The Morgan fingerprint density at radius 3 is 2.85 bits per heavy atom. The SMILES string of the molecule is CCNC1C=C(C(N=CCF)=NC2CC2)C=C(F)C1C. The second-order valence-electron chi connectivity index (χ2n) is 5.17. The molecule has 5 heteroatoms. The number of nitrogens with zero attached hydrogens (tertiary/aromatic N) is 2. The van der Waals surface area contributed by atoms with Gasteiger partial charge in [-0.2, -0.15) is 0 Å². The maximum absolute atomic E-state index is 14.0. The van der Waals surface area contributed by atoms with Gasteiger partial charge in [-0.15, -0.1) is 0 Å². The zero-order chi connectivity index (χ0) is 14.5. The van der Waals surface area contributed by atoms with E-state index >= 15 is 0 Å². The molecule has 0 spiro atoms. The second-order valence-corrected chi connectivity index (χ2v) is 5.17. The quantitative estimate of drug-likeness (QED) is 0.610. The first-order valence-electron chi connectivity index (χ1n) is 7.14. The molecular weight excluding hydrogens is 260 g/mol. The molecule has 20 heavy (non-hydrogen) atoms. The van der Waals surface area contributed by atoms with Crippen LogP contribution in [-0.4, -0.2) is 37.4 Å². The highest BCUT2D eigenvalue weighted by atomic mass is 19.1. The third-order valence-electron chi connectivity index (χ3n) is 3.46. The standard InChI is InChI=1S/C15H21F2N3/c1-3-18-14-9-11(8-13(17)10(14)2)15(19-7-6-16)20-12-4-5-12/h7-10,12,14,18H,3-6H2,1-2H3. The fraction of sp³-hybridized carbons (Fsp3) is 0.600. The van der Waals surface area contributed by atoms with Crippen LogP contribution in [0.3, 0.4) is 0 Å². The number of rotatable bonds is 5. The molecule has 0 amide bonds. The number of hydrogen-bond acceptors (Lipinski definition) is 2. The Kier molecular flexibility index (Phi) is 5.17. The molecule has 1 N–H and O–H groups in total. The van der Waals surface area contributed by atoms with Crippen LogP contribution in [-0.2, 0) is 0 Å². The third kappa shape index (κ3) is 3.82. The van der Waals surface area contributed by atoms with E-state index in [0.29, 0.717) is 11.4 Å². The third-order valence-corrected chi connectivity index (χ3v) is 3.46. The lowest BCUT2D eigenvalue weighted by Crippen LogP contribution is -2.35. The summed E-state index contributed by atoms with van der Waals surface area (Å²) in [5.74, 6) is 0.0496. The maximum Gasteiger partial charge on any atom is 0.154 e. The van der Waals surface area contributed by atoms with Crippen molar-refractivity contribution >= 4 is 12.1 Å². The molecule has 2 rings (SSSR count). The van der Waals surface area contributed by atoms with Crippen LogP contribution in [0.1, 0.15) is 26.7 Å². The highest BCUT2D eigenvalue weighted by Gasteiger charge is 2.26. The normalized spacial score (nSPS) is 27.7. The summed E-state index contributed by atoms with van der Waals surface area (Å²) in [7, 11) is 0. The summed E-state index contributed by atoms with van der Waals surface area (Å²) in [5, 5.41) is 3.24. The molecule has 2 aliphatic rings. The van der Waals surface area contributed by atoms with Gasteiger partial charge in [0, 0.05) is 23.7 Å². The van der Waals surface area contributed by atoms with Gasteiger partial charge in [0.05, 0.1) is 6.04 Å². The van der Waals surface area contributed by atoms with Gasteiger partial charge in [-0.25, -0.2) is 13.8 Å². The van der Waals surface area contributed by atoms with Gasteiger partial charge >= 0.3 is 0 Å². The predicted molar refractivity (Wildman–Crippen MR) is 78.8 cm³/mol. The molecule has 110 valence electrons. The summed E-state index contributed by atoms with van der Waals surface area (Å²) in [6.45, 7) is 3.94. The molecule has 2 atom stereocenters. The van der Waals surface area contributed by atoms with Gasteiger partial charge in [0.1, 0.15) is 12.5 Å². The fourth-order valence-corrected chi connectivity index (χ4v) is 2.13. The average Bonchev–Trinajstić information content (AvgIpc) is 3.24. The molecule has 2 unspecified atom stereocenters. The molecule has 1 saturated carbocycles. The minimum Gasteiger partial charge on any atom is -0.310 e.